The van der Waals surface area contributed by atoms with Crippen LogP contribution in [0.3, 0.4) is 0 Å². The molecule has 0 fully saturated rings. The quantitative estimate of drug-likeness (QED) is 0.598. The number of fused-ring (bicyclic) bond motifs is 1. The molecule has 3 rings (SSSR count). The van der Waals surface area contributed by atoms with Crippen molar-refractivity contribution in [3.05, 3.63) is 62.5 Å². The topological polar surface area (TPSA) is 61.2 Å². The summed E-state index contributed by atoms with van der Waals surface area (Å²) in [5.74, 6) is -0.122. The van der Waals surface area contributed by atoms with Crippen molar-refractivity contribution >= 4 is 27.5 Å². The van der Waals surface area contributed by atoms with Crippen LogP contribution in [-0.4, -0.2) is 22.1 Å². The van der Waals surface area contributed by atoms with Crippen LogP contribution in [0.4, 0.5) is 0 Å². The van der Waals surface area contributed by atoms with E-state index in [1.807, 2.05) is 26.0 Å². The molecule has 0 saturated carbocycles. The summed E-state index contributed by atoms with van der Waals surface area (Å²) < 4.78 is 6.91. The van der Waals surface area contributed by atoms with E-state index in [1.54, 1.807) is 17.8 Å². The Balaban J connectivity index is 1.93. The summed E-state index contributed by atoms with van der Waals surface area (Å²) in [6.07, 6.45) is 2.54. The van der Waals surface area contributed by atoms with E-state index < -0.39 is 0 Å². The first-order valence-electron chi connectivity index (χ1n) is 9.14. The number of aromatic nitrogens is 2. The van der Waals surface area contributed by atoms with Gasteiger partial charge in [-0.15, -0.1) is 11.3 Å². The summed E-state index contributed by atoms with van der Waals surface area (Å²) in [4.78, 5) is 30.7. The van der Waals surface area contributed by atoms with Crippen LogP contribution in [0.25, 0.3) is 10.2 Å². The van der Waals surface area contributed by atoms with Gasteiger partial charge in [0.05, 0.1) is 24.9 Å². The first-order valence-corrected chi connectivity index (χ1v) is 9.95. The molecule has 1 aromatic carbocycles. The lowest BCUT2D eigenvalue weighted by Gasteiger charge is -2.07. The van der Waals surface area contributed by atoms with Crippen LogP contribution in [0.2, 0.25) is 0 Å². The SMILES string of the molecule is CCc1ccc(Cn2cnc3sc(C(=O)OCC(C)C)c(C)c3c2=O)cc1. The van der Waals surface area contributed by atoms with Gasteiger partial charge in [-0.05, 0) is 36.0 Å². The first-order chi connectivity index (χ1) is 12.9. The first kappa shape index (κ1) is 19.3. The van der Waals surface area contributed by atoms with Crippen molar-refractivity contribution in [1.29, 1.82) is 0 Å². The largest absolute Gasteiger partial charge is 0.461 e. The minimum absolute atomic E-state index is 0.128. The van der Waals surface area contributed by atoms with Gasteiger partial charge in [-0.2, -0.15) is 0 Å². The van der Waals surface area contributed by atoms with Gasteiger partial charge in [-0.25, -0.2) is 9.78 Å². The molecular formula is C21H24N2O3S. The highest BCUT2D eigenvalue weighted by Gasteiger charge is 2.20. The molecule has 5 nitrogen and oxygen atoms in total. The minimum Gasteiger partial charge on any atom is -0.461 e. The van der Waals surface area contributed by atoms with Crippen LogP contribution in [-0.2, 0) is 17.7 Å². The molecule has 6 heteroatoms. The lowest BCUT2D eigenvalue weighted by atomic mass is 10.1. The van der Waals surface area contributed by atoms with E-state index in [0.717, 1.165) is 12.0 Å². The molecule has 0 unspecified atom stereocenters. The molecule has 2 aromatic heterocycles. The molecule has 0 N–H and O–H groups in total. The zero-order valence-electron chi connectivity index (χ0n) is 16.1. The summed E-state index contributed by atoms with van der Waals surface area (Å²) in [7, 11) is 0. The highest BCUT2D eigenvalue weighted by Crippen LogP contribution is 2.27. The summed E-state index contributed by atoms with van der Waals surface area (Å²) >= 11 is 1.22. The van der Waals surface area contributed by atoms with E-state index >= 15 is 0 Å². The van der Waals surface area contributed by atoms with E-state index in [9.17, 15) is 9.59 Å². The standard InChI is InChI=1S/C21H24N2O3S/c1-5-15-6-8-16(9-7-15)10-23-12-22-19-17(20(23)24)14(4)18(27-19)21(25)26-11-13(2)3/h6-9,12-13H,5,10-11H2,1-4H3. The van der Waals surface area contributed by atoms with Crippen LogP contribution < -0.4 is 5.56 Å². The summed E-state index contributed by atoms with van der Waals surface area (Å²) in [6, 6.07) is 8.21. The molecule has 0 amide bonds. The van der Waals surface area contributed by atoms with Crippen molar-refractivity contribution in [3.8, 4) is 0 Å². The zero-order valence-corrected chi connectivity index (χ0v) is 16.9. The molecule has 0 spiro atoms. The van der Waals surface area contributed by atoms with E-state index in [0.29, 0.717) is 33.8 Å². The van der Waals surface area contributed by atoms with Crippen molar-refractivity contribution in [1.82, 2.24) is 9.55 Å². The van der Waals surface area contributed by atoms with Crippen molar-refractivity contribution in [3.63, 3.8) is 0 Å². The minimum atomic E-state index is -0.384. The smallest absolute Gasteiger partial charge is 0.348 e. The number of hydrogen-bond acceptors (Lipinski definition) is 5. The molecule has 0 atom stereocenters. The lowest BCUT2D eigenvalue weighted by Crippen LogP contribution is -2.21. The number of carbonyl (C=O) groups excluding carboxylic acids is 1. The Morgan fingerprint density at radius 1 is 1.22 bits per heavy atom. The number of hydrogen-bond donors (Lipinski definition) is 0. The van der Waals surface area contributed by atoms with E-state index in [4.69, 9.17) is 4.74 Å². The Labute approximate surface area is 162 Å². The molecule has 3 aromatic rings. The van der Waals surface area contributed by atoms with Gasteiger partial charge in [0.25, 0.3) is 5.56 Å². The molecule has 0 bridgehead atoms. The Kier molecular flexibility index (Phi) is 5.75. The fraction of sp³-hybridized carbons (Fsp3) is 0.381. The van der Waals surface area contributed by atoms with E-state index in [1.165, 1.54) is 16.9 Å². The predicted octanol–water partition coefficient (Wildman–Crippen LogP) is 4.19. The molecule has 0 radical (unpaired) electrons. The summed E-state index contributed by atoms with van der Waals surface area (Å²) in [5.41, 5.74) is 2.82. The number of carbonyl (C=O) groups is 1. The number of thiophene rings is 1. The average Bonchev–Trinajstić information content (AvgIpc) is 3.00. The van der Waals surface area contributed by atoms with Gasteiger partial charge in [0.15, 0.2) is 0 Å². The van der Waals surface area contributed by atoms with Gasteiger partial charge in [0, 0.05) is 0 Å². The van der Waals surface area contributed by atoms with Crippen LogP contribution in [0.15, 0.2) is 35.4 Å². The van der Waals surface area contributed by atoms with Gasteiger partial charge in [-0.1, -0.05) is 45.0 Å². The maximum absolute atomic E-state index is 13.0. The fourth-order valence-corrected chi connectivity index (χ4v) is 3.88. The zero-order chi connectivity index (χ0) is 19.6. The second-order valence-corrected chi connectivity index (χ2v) is 8.08. The van der Waals surface area contributed by atoms with Gasteiger partial charge in [0.2, 0.25) is 0 Å². The Hall–Kier alpha value is -2.47. The third kappa shape index (κ3) is 4.11. The molecular weight excluding hydrogens is 360 g/mol. The van der Waals surface area contributed by atoms with Gasteiger partial charge >= 0.3 is 5.97 Å². The Morgan fingerprint density at radius 2 is 1.89 bits per heavy atom. The number of ether oxygens (including phenoxy) is 1. The number of rotatable bonds is 6. The highest BCUT2D eigenvalue weighted by atomic mass is 32.1. The third-order valence-corrected chi connectivity index (χ3v) is 5.61. The van der Waals surface area contributed by atoms with Crippen LogP contribution in [0.1, 0.15) is 47.1 Å². The van der Waals surface area contributed by atoms with Crippen molar-refractivity contribution in [2.24, 2.45) is 5.92 Å². The Morgan fingerprint density at radius 3 is 2.52 bits per heavy atom. The lowest BCUT2D eigenvalue weighted by molar-refractivity contribution is 0.0464. The number of esters is 1. The molecule has 2 heterocycles. The predicted molar refractivity (Wildman–Crippen MR) is 109 cm³/mol. The van der Waals surface area contributed by atoms with Crippen LogP contribution in [0, 0.1) is 12.8 Å². The highest BCUT2D eigenvalue weighted by molar-refractivity contribution is 7.20. The second-order valence-electron chi connectivity index (χ2n) is 7.08. The van der Waals surface area contributed by atoms with E-state index in [-0.39, 0.29) is 17.4 Å². The third-order valence-electron chi connectivity index (χ3n) is 4.43. The van der Waals surface area contributed by atoms with Crippen molar-refractivity contribution in [2.45, 2.75) is 40.7 Å². The van der Waals surface area contributed by atoms with Crippen LogP contribution in [0.5, 0.6) is 0 Å². The van der Waals surface area contributed by atoms with Gasteiger partial charge in [-0.3, -0.25) is 9.36 Å². The normalized spacial score (nSPS) is 11.3. The molecule has 0 aliphatic heterocycles. The maximum atomic E-state index is 13.0. The molecule has 27 heavy (non-hydrogen) atoms. The number of nitrogens with zero attached hydrogens (tertiary/aromatic N) is 2. The van der Waals surface area contributed by atoms with Gasteiger partial charge in [0.1, 0.15) is 9.71 Å². The van der Waals surface area contributed by atoms with E-state index in [2.05, 4.69) is 24.0 Å². The van der Waals surface area contributed by atoms with Crippen molar-refractivity contribution in [2.75, 3.05) is 6.61 Å². The Bertz CT molecular complexity index is 1020. The maximum Gasteiger partial charge on any atom is 0.348 e. The van der Waals surface area contributed by atoms with Crippen molar-refractivity contribution < 1.29 is 9.53 Å². The van der Waals surface area contributed by atoms with Crippen LogP contribution >= 0.6 is 11.3 Å². The molecule has 0 aliphatic carbocycles. The molecule has 0 aliphatic rings. The molecule has 142 valence electrons. The number of benzene rings is 1. The monoisotopic (exact) mass is 384 g/mol. The second kappa shape index (κ2) is 8.05. The average molecular weight is 385 g/mol. The fourth-order valence-electron chi connectivity index (χ4n) is 2.85. The molecule has 0 saturated heterocycles. The van der Waals surface area contributed by atoms with Gasteiger partial charge < -0.3 is 4.74 Å². The summed E-state index contributed by atoms with van der Waals surface area (Å²) in [6.45, 7) is 8.68. The summed E-state index contributed by atoms with van der Waals surface area (Å²) in [5, 5.41) is 0.504. The number of aryl methyl sites for hydroxylation is 2.